The summed E-state index contributed by atoms with van der Waals surface area (Å²) in [6, 6.07) is 0. The largest absolute Gasteiger partial charge is 0.356 e. The first-order valence-electron chi connectivity index (χ1n) is 10.4. The number of carbonyl (C=O) groups excluding carboxylic acids is 1. The Morgan fingerprint density at radius 2 is 1.86 bits per heavy atom. The summed E-state index contributed by atoms with van der Waals surface area (Å²) >= 11 is 0. The van der Waals surface area contributed by atoms with E-state index in [4.69, 9.17) is 9.51 Å². The van der Waals surface area contributed by atoms with Crippen molar-refractivity contribution in [3.05, 3.63) is 28.8 Å². The number of aromatic nitrogens is 4. The minimum absolute atomic E-state index is 0.0613. The zero-order chi connectivity index (χ0) is 19.3. The molecule has 2 aliphatic heterocycles. The van der Waals surface area contributed by atoms with Crippen LogP contribution in [0.3, 0.4) is 0 Å². The Kier molecular flexibility index (Phi) is 4.29. The molecule has 2 aromatic heterocycles. The molecule has 28 heavy (non-hydrogen) atoms. The molecule has 1 N–H and O–H groups in total. The summed E-state index contributed by atoms with van der Waals surface area (Å²) in [4.78, 5) is 28.8. The van der Waals surface area contributed by atoms with Crippen LogP contribution in [0.1, 0.15) is 90.9 Å². The number of hydrogen-bond acceptors (Lipinski definition) is 7. The normalized spacial score (nSPS) is 20.4. The maximum atomic E-state index is 12.4. The minimum atomic E-state index is -0.0613. The molecule has 1 aliphatic carbocycles. The quantitative estimate of drug-likeness (QED) is 0.868. The third kappa shape index (κ3) is 3.14. The van der Waals surface area contributed by atoms with Crippen molar-refractivity contribution < 1.29 is 9.32 Å². The van der Waals surface area contributed by atoms with Crippen LogP contribution in [0.15, 0.2) is 4.52 Å². The highest BCUT2D eigenvalue weighted by atomic mass is 16.5. The van der Waals surface area contributed by atoms with E-state index in [1.165, 1.54) is 0 Å². The second kappa shape index (κ2) is 6.83. The summed E-state index contributed by atoms with van der Waals surface area (Å²) in [5.74, 6) is 4.27. The van der Waals surface area contributed by atoms with Crippen molar-refractivity contribution in [3.63, 3.8) is 0 Å². The molecule has 2 fully saturated rings. The summed E-state index contributed by atoms with van der Waals surface area (Å²) in [6.45, 7) is 6.55. The lowest BCUT2D eigenvalue weighted by molar-refractivity contribution is 0.0940. The third-order valence-electron chi connectivity index (χ3n) is 5.94. The number of anilines is 1. The molecule has 0 spiro atoms. The van der Waals surface area contributed by atoms with Crippen LogP contribution in [0.5, 0.6) is 0 Å². The molecule has 1 amide bonds. The SMILES string of the molecule is CC(C)c1noc(C2CCN(c3nc(C4CC4)nc4c3CCNC4=O)CC2)n1. The molecule has 1 saturated carbocycles. The van der Waals surface area contributed by atoms with E-state index in [-0.39, 0.29) is 11.8 Å². The summed E-state index contributed by atoms with van der Waals surface area (Å²) in [6.07, 6.45) is 4.93. The van der Waals surface area contributed by atoms with Crippen LogP contribution in [-0.4, -0.2) is 45.7 Å². The Bertz CT molecular complexity index is 896. The Morgan fingerprint density at radius 1 is 1.07 bits per heavy atom. The Balaban J connectivity index is 1.38. The number of amides is 1. The van der Waals surface area contributed by atoms with Gasteiger partial charge in [-0.05, 0) is 32.1 Å². The van der Waals surface area contributed by atoms with Crippen molar-refractivity contribution in [3.8, 4) is 0 Å². The van der Waals surface area contributed by atoms with Crippen molar-refractivity contribution in [2.24, 2.45) is 0 Å². The van der Waals surface area contributed by atoms with Gasteiger partial charge in [0.2, 0.25) is 5.89 Å². The standard InChI is InChI=1S/C20H26N6O2/c1-11(2)16-24-20(28-25-16)13-6-9-26(10-7-13)18-14-5-8-21-19(27)15(14)22-17(23-18)12-3-4-12/h11-13H,3-10H2,1-2H3,(H,21,27). The van der Waals surface area contributed by atoms with E-state index in [0.29, 0.717) is 24.1 Å². The molecule has 5 rings (SSSR count). The number of rotatable bonds is 4. The number of piperidine rings is 1. The molecule has 4 heterocycles. The van der Waals surface area contributed by atoms with Crippen LogP contribution in [0, 0.1) is 0 Å². The fourth-order valence-corrected chi connectivity index (χ4v) is 4.06. The highest BCUT2D eigenvalue weighted by molar-refractivity contribution is 5.96. The number of nitrogens with zero attached hydrogens (tertiary/aromatic N) is 5. The maximum absolute atomic E-state index is 12.4. The number of nitrogens with one attached hydrogen (secondary N) is 1. The topological polar surface area (TPSA) is 97.0 Å². The van der Waals surface area contributed by atoms with E-state index in [2.05, 4.69) is 39.2 Å². The van der Waals surface area contributed by atoms with E-state index in [1.807, 2.05) is 0 Å². The highest BCUT2D eigenvalue weighted by Gasteiger charge is 2.34. The molecule has 0 bridgehead atoms. The summed E-state index contributed by atoms with van der Waals surface area (Å²) < 4.78 is 5.51. The fourth-order valence-electron chi connectivity index (χ4n) is 4.06. The van der Waals surface area contributed by atoms with Crippen molar-refractivity contribution in [2.45, 2.75) is 63.7 Å². The number of carbonyl (C=O) groups is 1. The zero-order valence-electron chi connectivity index (χ0n) is 16.4. The number of fused-ring (bicyclic) bond motifs is 1. The molecule has 8 nitrogen and oxygen atoms in total. The average molecular weight is 382 g/mol. The van der Waals surface area contributed by atoms with Gasteiger partial charge in [0.15, 0.2) is 5.82 Å². The predicted molar refractivity (Wildman–Crippen MR) is 103 cm³/mol. The van der Waals surface area contributed by atoms with Gasteiger partial charge in [0, 0.05) is 43.0 Å². The van der Waals surface area contributed by atoms with E-state index < -0.39 is 0 Å². The van der Waals surface area contributed by atoms with Crippen molar-refractivity contribution in [2.75, 3.05) is 24.5 Å². The average Bonchev–Trinajstić information content (AvgIpc) is 3.44. The monoisotopic (exact) mass is 382 g/mol. The van der Waals surface area contributed by atoms with Gasteiger partial charge in [-0.3, -0.25) is 4.79 Å². The molecule has 8 heteroatoms. The second-order valence-electron chi connectivity index (χ2n) is 8.42. The van der Waals surface area contributed by atoms with E-state index >= 15 is 0 Å². The van der Waals surface area contributed by atoms with Gasteiger partial charge in [-0.25, -0.2) is 9.97 Å². The van der Waals surface area contributed by atoms with Crippen LogP contribution < -0.4 is 10.2 Å². The molecule has 2 aromatic rings. The first kappa shape index (κ1) is 17.6. The second-order valence-corrected chi connectivity index (χ2v) is 8.42. The smallest absolute Gasteiger partial charge is 0.270 e. The van der Waals surface area contributed by atoms with E-state index in [0.717, 1.165) is 74.1 Å². The van der Waals surface area contributed by atoms with Gasteiger partial charge in [0.1, 0.15) is 17.3 Å². The first-order chi connectivity index (χ1) is 13.6. The lowest BCUT2D eigenvalue weighted by Gasteiger charge is -2.33. The van der Waals surface area contributed by atoms with Gasteiger partial charge in [0.25, 0.3) is 5.91 Å². The Labute approximate surface area is 164 Å². The van der Waals surface area contributed by atoms with Crippen molar-refractivity contribution in [1.82, 2.24) is 25.4 Å². The summed E-state index contributed by atoms with van der Waals surface area (Å²) in [7, 11) is 0. The van der Waals surface area contributed by atoms with Crippen LogP contribution in [-0.2, 0) is 6.42 Å². The first-order valence-corrected chi connectivity index (χ1v) is 10.4. The van der Waals surface area contributed by atoms with Gasteiger partial charge in [-0.1, -0.05) is 19.0 Å². The molecule has 148 valence electrons. The third-order valence-corrected chi connectivity index (χ3v) is 5.94. The zero-order valence-corrected chi connectivity index (χ0v) is 16.4. The number of hydrogen-bond donors (Lipinski definition) is 1. The van der Waals surface area contributed by atoms with Gasteiger partial charge in [0.05, 0.1) is 0 Å². The maximum Gasteiger partial charge on any atom is 0.270 e. The van der Waals surface area contributed by atoms with Crippen LogP contribution >= 0.6 is 0 Å². The molecule has 0 unspecified atom stereocenters. The predicted octanol–water partition coefficient (Wildman–Crippen LogP) is 2.53. The molecule has 3 aliphatic rings. The Hall–Kier alpha value is -2.51. The van der Waals surface area contributed by atoms with Crippen molar-refractivity contribution in [1.29, 1.82) is 0 Å². The molecule has 0 aromatic carbocycles. The van der Waals surface area contributed by atoms with E-state index in [1.54, 1.807) is 0 Å². The van der Waals surface area contributed by atoms with Crippen LogP contribution in [0.4, 0.5) is 5.82 Å². The highest BCUT2D eigenvalue weighted by Crippen LogP contribution is 2.40. The van der Waals surface area contributed by atoms with Gasteiger partial charge >= 0.3 is 0 Å². The minimum Gasteiger partial charge on any atom is -0.356 e. The lowest BCUT2D eigenvalue weighted by atomic mass is 9.95. The van der Waals surface area contributed by atoms with Crippen LogP contribution in [0.25, 0.3) is 0 Å². The molecular weight excluding hydrogens is 356 g/mol. The lowest BCUT2D eigenvalue weighted by Crippen LogP contribution is -2.38. The van der Waals surface area contributed by atoms with E-state index in [9.17, 15) is 4.79 Å². The van der Waals surface area contributed by atoms with Gasteiger partial charge in [-0.2, -0.15) is 4.98 Å². The molecule has 1 saturated heterocycles. The summed E-state index contributed by atoms with van der Waals surface area (Å²) in [5.41, 5.74) is 1.59. The Morgan fingerprint density at radius 3 is 2.54 bits per heavy atom. The summed E-state index contributed by atoms with van der Waals surface area (Å²) in [5, 5.41) is 7.03. The fraction of sp³-hybridized carbons (Fsp3) is 0.650. The molecule has 0 radical (unpaired) electrons. The molecular formula is C20H26N6O2. The van der Waals surface area contributed by atoms with Gasteiger partial charge in [-0.15, -0.1) is 0 Å². The molecule has 0 atom stereocenters. The van der Waals surface area contributed by atoms with Crippen molar-refractivity contribution >= 4 is 11.7 Å². The van der Waals surface area contributed by atoms with Gasteiger partial charge < -0.3 is 14.7 Å². The van der Waals surface area contributed by atoms with Crippen LogP contribution in [0.2, 0.25) is 0 Å².